The Bertz CT molecular complexity index is 1050. The van der Waals surface area contributed by atoms with Crippen LogP contribution in [0.15, 0.2) is 47.6 Å². The normalized spacial score (nSPS) is 16.3. The zero-order valence-electron chi connectivity index (χ0n) is 17.9. The molecule has 0 aliphatic carbocycles. The fourth-order valence-corrected chi connectivity index (χ4v) is 3.85. The van der Waals surface area contributed by atoms with Gasteiger partial charge in [0.1, 0.15) is 5.71 Å². The Hall–Kier alpha value is -3.48. The molecule has 0 atom stereocenters. The van der Waals surface area contributed by atoms with Crippen LogP contribution in [0, 0.1) is 13.8 Å². The first-order chi connectivity index (χ1) is 14.9. The van der Waals surface area contributed by atoms with Gasteiger partial charge in [0.15, 0.2) is 0 Å². The molecule has 0 bridgehead atoms. The predicted molar refractivity (Wildman–Crippen MR) is 120 cm³/mol. The first-order valence-corrected chi connectivity index (χ1v) is 10.6. The molecule has 1 saturated heterocycles. The molecule has 0 spiro atoms. The number of amides is 3. The van der Waals surface area contributed by atoms with Crippen LogP contribution in [0.25, 0.3) is 0 Å². The Morgan fingerprint density at radius 2 is 1.68 bits per heavy atom. The lowest BCUT2D eigenvalue weighted by Gasteiger charge is -2.24. The van der Waals surface area contributed by atoms with Gasteiger partial charge in [0, 0.05) is 37.2 Å². The first kappa shape index (κ1) is 20.8. The van der Waals surface area contributed by atoms with Gasteiger partial charge in [-0.1, -0.05) is 12.1 Å². The molecule has 4 rings (SSSR count). The quantitative estimate of drug-likeness (QED) is 0.823. The molecule has 2 aliphatic rings. The number of anilines is 2. The maximum absolute atomic E-state index is 12.8. The van der Waals surface area contributed by atoms with Crippen LogP contribution in [0.5, 0.6) is 0 Å². The molecule has 160 valence electrons. The Morgan fingerprint density at radius 1 is 0.968 bits per heavy atom. The minimum Gasteiger partial charge on any atom is -0.339 e. The van der Waals surface area contributed by atoms with Crippen LogP contribution in [0.4, 0.5) is 11.4 Å². The van der Waals surface area contributed by atoms with Crippen LogP contribution in [0.3, 0.4) is 0 Å². The van der Waals surface area contributed by atoms with Gasteiger partial charge < -0.3 is 10.2 Å². The average molecular weight is 418 g/mol. The van der Waals surface area contributed by atoms with Crippen molar-refractivity contribution in [2.45, 2.75) is 39.5 Å². The van der Waals surface area contributed by atoms with Crippen molar-refractivity contribution in [1.29, 1.82) is 0 Å². The van der Waals surface area contributed by atoms with Gasteiger partial charge in [0.25, 0.3) is 11.8 Å². The van der Waals surface area contributed by atoms with Crippen molar-refractivity contribution >= 4 is 34.8 Å². The molecule has 1 fully saturated rings. The van der Waals surface area contributed by atoms with E-state index in [9.17, 15) is 14.4 Å². The lowest BCUT2D eigenvalue weighted by Crippen LogP contribution is -2.36. The van der Waals surface area contributed by atoms with E-state index in [0.717, 1.165) is 37.1 Å². The summed E-state index contributed by atoms with van der Waals surface area (Å²) in [6, 6.07) is 12.7. The molecular weight excluding hydrogens is 392 g/mol. The highest BCUT2D eigenvalue weighted by molar-refractivity contribution is 6.44. The zero-order valence-corrected chi connectivity index (χ0v) is 17.9. The van der Waals surface area contributed by atoms with Crippen LogP contribution in [0.2, 0.25) is 0 Å². The van der Waals surface area contributed by atoms with Crippen molar-refractivity contribution in [3.8, 4) is 0 Å². The van der Waals surface area contributed by atoms with Crippen LogP contribution < -0.4 is 10.3 Å². The zero-order chi connectivity index (χ0) is 22.0. The van der Waals surface area contributed by atoms with Gasteiger partial charge >= 0.3 is 0 Å². The van der Waals surface area contributed by atoms with Crippen molar-refractivity contribution in [2.75, 3.05) is 23.4 Å². The molecule has 0 unspecified atom stereocenters. The molecular formula is C24H26N4O3. The molecule has 0 aromatic heterocycles. The third kappa shape index (κ3) is 4.50. The number of nitrogens with one attached hydrogen (secondary N) is 1. The SMILES string of the molecule is Cc1ccc(C)c(N2N=C(C(=O)Nc3ccc(C(=O)N4CCCC4)cc3)CCC2=O)c1. The van der Waals surface area contributed by atoms with Gasteiger partial charge in [-0.3, -0.25) is 14.4 Å². The van der Waals surface area contributed by atoms with Crippen LogP contribution >= 0.6 is 0 Å². The van der Waals surface area contributed by atoms with E-state index >= 15 is 0 Å². The highest BCUT2D eigenvalue weighted by Crippen LogP contribution is 2.26. The number of benzene rings is 2. The van der Waals surface area contributed by atoms with Gasteiger partial charge in [-0.25, -0.2) is 5.01 Å². The van der Waals surface area contributed by atoms with E-state index in [1.807, 2.05) is 36.9 Å². The summed E-state index contributed by atoms with van der Waals surface area (Å²) in [6.07, 6.45) is 2.60. The second kappa shape index (κ2) is 8.71. The van der Waals surface area contributed by atoms with Crippen LogP contribution in [-0.2, 0) is 9.59 Å². The van der Waals surface area contributed by atoms with Gasteiger partial charge in [-0.05, 0) is 68.1 Å². The van der Waals surface area contributed by atoms with Crippen molar-refractivity contribution in [1.82, 2.24) is 4.90 Å². The third-order valence-corrected chi connectivity index (χ3v) is 5.67. The fraction of sp³-hybridized carbons (Fsp3) is 0.333. The largest absolute Gasteiger partial charge is 0.339 e. The average Bonchev–Trinajstić information content (AvgIpc) is 3.31. The number of rotatable bonds is 4. The number of hydrogen-bond donors (Lipinski definition) is 1. The van der Waals surface area contributed by atoms with E-state index in [-0.39, 0.29) is 30.6 Å². The molecule has 1 N–H and O–H groups in total. The van der Waals surface area contributed by atoms with Crippen molar-refractivity contribution in [2.24, 2.45) is 5.10 Å². The van der Waals surface area contributed by atoms with Gasteiger partial charge in [-0.2, -0.15) is 5.10 Å². The van der Waals surface area contributed by atoms with E-state index < -0.39 is 0 Å². The second-order valence-corrected chi connectivity index (χ2v) is 8.07. The minimum absolute atomic E-state index is 0.0229. The van der Waals surface area contributed by atoms with Crippen molar-refractivity contribution in [3.05, 3.63) is 59.2 Å². The Balaban J connectivity index is 1.48. The summed E-state index contributed by atoms with van der Waals surface area (Å²) in [4.78, 5) is 39.5. The molecule has 7 nitrogen and oxygen atoms in total. The van der Waals surface area contributed by atoms with E-state index in [2.05, 4.69) is 10.4 Å². The molecule has 2 aromatic carbocycles. The van der Waals surface area contributed by atoms with Crippen LogP contribution in [-0.4, -0.2) is 41.4 Å². The lowest BCUT2D eigenvalue weighted by molar-refractivity contribution is -0.118. The van der Waals surface area contributed by atoms with E-state index in [1.54, 1.807) is 24.3 Å². The van der Waals surface area contributed by atoms with Gasteiger partial charge in [-0.15, -0.1) is 0 Å². The summed E-state index contributed by atoms with van der Waals surface area (Å²) in [7, 11) is 0. The number of carbonyl (C=O) groups is 3. The van der Waals surface area contributed by atoms with E-state index in [4.69, 9.17) is 0 Å². The Labute approximate surface area is 181 Å². The molecule has 3 amide bonds. The van der Waals surface area contributed by atoms with Crippen molar-refractivity contribution in [3.63, 3.8) is 0 Å². The van der Waals surface area contributed by atoms with Crippen molar-refractivity contribution < 1.29 is 14.4 Å². The molecule has 0 radical (unpaired) electrons. The molecule has 2 aliphatic heterocycles. The second-order valence-electron chi connectivity index (χ2n) is 8.07. The van der Waals surface area contributed by atoms with E-state index in [1.165, 1.54) is 5.01 Å². The molecule has 0 saturated carbocycles. The lowest BCUT2D eigenvalue weighted by atomic mass is 10.1. The monoisotopic (exact) mass is 418 g/mol. The highest BCUT2D eigenvalue weighted by Gasteiger charge is 2.27. The maximum atomic E-state index is 12.8. The summed E-state index contributed by atoms with van der Waals surface area (Å²) < 4.78 is 0. The number of hydrazone groups is 1. The van der Waals surface area contributed by atoms with Gasteiger partial charge in [0.2, 0.25) is 5.91 Å². The number of carbonyl (C=O) groups excluding carboxylic acids is 3. The molecule has 31 heavy (non-hydrogen) atoms. The predicted octanol–water partition coefficient (Wildman–Crippen LogP) is 3.66. The number of hydrogen-bond acceptors (Lipinski definition) is 4. The number of aryl methyl sites for hydroxylation is 2. The standard InChI is InChI=1S/C24H26N4O3/c1-16-5-6-17(2)21(15-16)28-22(29)12-11-20(26-28)23(30)25-19-9-7-18(8-10-19)24(31)27-13-3-4-14-27/h5-10,15H,3-4,11-14H2,1-2H3,(H,25,30). The third-order valence-electron chi connectivity index (χ3n) is 5.67. The summed E-state index contributed by atoms with van der Waals surface area (Å²) in [6.45, 7) is 5.46. The first-order valence-electron chi connectivity index (χ1n) is 10.6. The molecule has 7 heteroatoms. The number of likely N-dealkylation sites (tertiary alicyclic amines) is 1. The summed E-state index contributed by atoms with van der Waals surface area (Å²) >= 11 is 0. The highest BCUT2D eigenvalue weighted by atomic mass is 16.2. The van der Waals surface area contributed by atoms with Crippen LogP contribution in [0.1, 0.15) is 47.2 Å². The van der Waals surface area contributed by atoms with Gasteiger partial charge in [0.05, 0.1) is 5.69 Å². The Morgan fingerprint density at radius 3 is 2.39 bits per heavy atom. The Kier molecular flexibility index (Phi) is 5.84. The fourth-order valence-electron chi connectivity index (χ4n) is 3.85. The maximum Gasteiger partial charge on any atom is 0.271 e. The smallest absolute Gasteiger partial charge is 0.271 e. The summed E-state index contributed by atoms with van der Waals surface area (Å²) in [5, 5.41) is 8.52. The summed E-state index contributed by atoms with van der Waals surface area (Å²) in [5.74, 6) is -0.453. The summed E-state index contributed by atoms with van der Waals surface area (Å²) in [5.41, 5.74) is 4.13. The number of nitrogens with zero attached hydrogens (tertiary/aromatic N) is 3. The minimum atomic E-state index is -0.346. The molecule has 2 heterocycles. The topological polar surface area (TPSA) is 82.1 Å². The molecule has 2 aromatic rings. The van der Waals surface area contributed by atoms with E-state index in [0.29, 0.717) is 22.6 Å².